The minimum absolute atomic E-state index is 0.0933. The molecule has 0 fully saturated rings. The normalized spacial score (nSPS) is 11.4. The fourth-order valence-corrected chi connectivity index (χ4v) is 3.24. The van der Waals surface area contributed by atoms with Gasteiger partial charge in [-0.05, 0) is 56.2 Å². The van der Waals surface area contributed by atoms with E-state index in [1.54, 1.807) is 38.1 Å². The van der Waals surface area contributed by atoms with Gasteiger partial charge < -0.3 is 16.2 Å². The van der Waals surface area contributed by atoms with E-state index in [1.165, 1.54) is 6.07 Å². The molecule has 0 bridgehead atoms. The number of nitrogens with one attached hydrogen (secondary N) is 1. The van der Waals surface area contributed by atoms with Crippen LogP contribution >= 0.6 is 0 Å². The van der Waals surface area contributed by atoms with Crippen LogP contribution in [0.3, 0.4) is 0 Å². The van der Waals surface area contributed by atoms with Crippen LogP contribution in [-0.2, 0) is 11.2 Å². The van der Waals surface area contributed by atoms with E-state index in [2.05, 4.69) is 5.32 Å². The van der Waals surface area contributed by atoms with Gasteiger partial charge in [0.1, 0.15) is 23.0 Å². The summed E-state index contributed by atoms with van der Waals surface area (Å²) in [6, 6.07) is 11.7. The molecule has 0 aliphatic carbocycles. The molecule has 4 N–H and O–H groups in total. The first-order valence-electron chi connectivity index (χ1n) is 10.1. The number of aromatic nitrogens is 1. The van der Waals surface area contributed by atoms with Gasteiger partial charge in [0.15, 0.2) is 5.78 Å². The number of pyridine rings is 1. The number of aliphatic carboxylic acids is 1. The maximum atomic E-state index is 14.1. The highest BCUT2D eigenvalue weighted by molar-refractivity contribution is 6.11. The summed E-state index contributed by atoms with van der Waals surface area (Å²) < 4.78 is 28.4. The van der Waals surface area contributed by atoms with Gasteiger partial charge in [0.05, 0.1) is 16.8 Å². The number of carboxylic acid groups (broad SMARTS) is 1. The number of halogens is 2. The monoisotopic (exact) mass is 455 g/mol. The van der Waals surface area contributed by atoms with Crippen LogP contribution in [0.15, 0.2) is 59.4 Å². The Bertz CT molecular complexity index is 1270. The Morgan fingerprint density at radius 1 is 1.03 bits per heavy atom. The summed E-state index contributed by atoms with van der Waals surface area (Å²) in [5, 5.41) is 12.1. The lowest BCUT2D eigenvalue weighted by Gasteiger charge is -2.21. The van der Waals surface area contributed by atoms with Gasteiger partial charge in [-0.25, -0.2) is 8.78 Å². The van der Waals surface area contributed by atoms with Crippen molar-refractivity contribution in [2.45, 2.75) is 25.8 Å². The summed E-state index contributed by atoms with van der Waals surface area (Å²) in [5.41, 5.74) is 5.40. The number of carboxylic acids is 1. The molecule has 0 saturated carbocycles. The lowest BCUT2D eigenvalue weighted by atomic mass is 10.0. The molecule has 1 aromatic heterocycles. The molecule has 33 heavy (non-hydrogen) atoms. The Morgan fingerprint density at radius 3 is 2.27 bits per heavy atom. The first kappa shape index (κ1) is 23.8. The summed E-state index contributed by atoms with van der Waals surface area (Å²) in [6.45, 7) is 3.56. The third-order valence-electron chi connectivity index (χ3n) is 5.26. The second-order valence-corrected chi connectivity index (χ2v) is 8.03. The largest absolute Gasteiger partial charge is 0.480 e. The number of benzene rings is 2. The van der Waals surface area contributed by atoms with Gasteiger partial charge in [-0.1, -0.05) is 12.1 Å². The molecule has 0 amide bonds. The van der Waals surface area contributed by atoms with Gasteiger partial charge in [-0.15, -0.1) is 0 Å². The maximum absolute atomic E-state index is 14.1. The third kappa shape index (κ3) is 5.15. The summed E-state index contributed by atoms with van der Waals surface area (Å²) in [5.74, 6) is -3.75. The summed E-state index contributed by atoms with van der Waals surface area (Å²) in [7, 11) is 0. The summed E-state index contributed by atoms with van der Waals surface area (Å²) >= 11 is 0. The van der Waals surface area contributed by atoms with Gasteiger partial charge in [-0.2, -0.15) is 0 Å². The van der Waals surface area contributed by atoms with Crippen molar-refractivity contribution in [1.29, 1.82) is 0 Å². The van der Waals surface area contributed by atoms with Gasteiger partial charge in [0, 0.05) is 18.7 Å². The highest BCUT2D eigenvalue weighted by Gasteiger charge is 2.25. The quantitative estimate of drug-likeness (QED) is 0.450. The molecule has 2 aromatic carbocycles. The van der Waals surface area contributed by atoms with Gasteiger partial charge >= 0.3 is 5.97 Å². The molecule has 0 aliphatic rings. The minimum atomic E-state index is -1.06. The van der Waals surface area contributed by atoms with Crippen molar-refractivity contribution in [3.63, 3.8) is 0 Å². The molecule has 172 valence electrons. The van der Waals surface area contributed by atoms with E-state index in [9.17, 15) is 23.2 Å². The Labute approximate surface area is 188 Å². The fraction of sp³-hybridized carbons (Fsp3) is 0.208. The zero-order chi connectivity index (χ0) is 24.3. The van der Waals surface area contributed by atoms with Gasteiger partial charge in [0.2, 0.25) is 0 Å². The van der Waals surface area contributed by atoms with Crippen molar-refractivity contribution in [2.75, 3.05) is 12.3 Å². The molecule has 3 rings (SSSR count). The van der Waals surface area contributed by atoms with Crippen LogP contribution in [0.25, 0.3) is 5.69 Å². The van der Waals surface area contributed by atoms with Crippen molar-refractivity contribution >= 4 is 17.6 Å². The molecule has 0 spiro atoms. The zero-order valence-corrected chi connectivity index (χ0v) is 18.1. The summed E-state index contributed by atoms with van der Waals surface area (Å²) in [4.78, 5) is 36.4. The van der Waals surface area contributed by atoms with E-state index in [-0.39, 0.29) is 16.9 Å². The van der Waals surface area contributed by atoms with Crippen LogP contribution in [0.2, 0.25) is 0 Å². The average molecular weight is 455 g/mol. The highest BCUT2D eigenvalue weighted by atomic mass is 19.1. The minimum Gasteiger partial charge on any atom is -0.480 e. The van der Waals surface area contributed by atoms with Gasteiger partial charge in [0.25, 0.3) is 5.56 Å². The topological polar surface area (TPSA) is 114 Å². The average Bonchev–Trinajstić information content (AvgIpc) is 2.74. The van der Waals surface area contributed by atoms with Crippen molar-refractivity contribution in [2.24, 2.45) is 0 Å². The molecule has 0 aliphatic heterocycles. The van der Waals surface area contributed by atoms with E-state index in [4.69, 9.17) is 10.8 Å². The number of ketones is 1. The number of nitrogens with zero attached hydrogens (tertiary/aromatic N) is 1. The van der Waals surface area contributed by atoms with E-state index in [1.807, 2.05) is 0 Å². The molecule has 0 saturated heterocycles. The summed E-state index contributed by atoms with van der Waals surface area (Å²) in [6.07, 6.45) is 0.545. The number of nitrogens with two attached hydrogens (primary N) is 1. The van der Waals surface area contributed by atoms with Crippen molar-refractivity contribution in [1.82, 2.24) is 9.88 Å². The predicted octanol–water partition coefficient (Wildman–Crippen LogP) is 2.92. The van der Waals surface area contributed by atoms with Crippen LogP contribution < -0.4 is 16.6 Å². The molecule has 0 radical (unpaired) electrons. The first-order chi connectivity index (χ1) is 15.5. The van der Waals surface area contributed by atoms with Crippen molar-refractivity contribution in [3.05, 3.63) is 93.3 Å². The second kappa shape index (κ2) is 9.33. The molecule has 9 heteroatoms. The highest BCUT2D eigenvalue weighted by Crippen LogP contribution is 2.21. The second-order valence-electron chi connectivity index (χ2n) is 8.03. The Morgan fingerprint density at radius 2 is 1.67 bits per heavy atom. The molecule has 1 heterocycles. The van der Waals surface area contributed by atoms with Crippen LogP contribution in [0.1, 0.15) is 35.3 Å². The standard InChI is InChI=1S/C24H23F2N3O4/c1-24(2,23(32)33)28-12-11-14-3-6-16(7-4-14)29-20(30)10-9-18(22(29)27)21(31)17-8-5-15(25)13-19(17)26/h3-10,13,28H,11-12,27H2,1-2H3,(H,32,33). The van der Waals surface area contributed by atoms with Crippen LogP contribution in [0.5, 0.6) is 0 Å². The first-order valence-corrected chi connectivity index (χ1v) is 10.1. The number of carbonyl (C=O) groups excluding carboxylic acids is 1. The lowest BCUT2D eigenvalue weighted by molar-refractivity contribution is -0.143. The van der Waals surface area contributed by atoms with Crippen LogP contribution in [-0.4, -0.2) is 33.5 Å². The number of rotatable bonds is 8. The molecule has 0 unspecified atom stereocenters. The Kier molecular flexibility index (Phi) is 6.73. The molecule has 0 atom stereocenters. The lowest BCUT2D eigenvalue weighted by Crippen LogP contribution is -2.47. The van der Waals surface area contributed by atoms with Crippen molar-refractivity contribution < 1.29 is 23.5 Å². The number of hydrogen-bond acceptors (Lipinski definition) is 5. The van der Waals surface area contributed by atoms with E-state index < -0.39 is 34.5 Å². The molecular formula is C24H23F2N3O4. The van der Waals surface area contributed by atoms with E-state index >= 15 is 0 Å². The SMILES string of the molecule is CC(C)(NCCc1ccc(-n2c(N)c(C(=O)c3ccc(F)cc3F)ccc2=O)cc1)C(=O)O. The third-order valence-corrected chi connectivity index (χ3v) is 5.26. The van der Waals surface area contributed by atoms with Crippen LogP contribution in [0.4, 0.5) is 14.6 Å². The molecule has 3 aromatic rings. The number of nitrogen functional groups attached to an aromatic ring is 1. The molecule has 7 nitrogen and oxygen atoms in total. The predicted molar refractivity (Wildman–Crippen MR) is 120 cm³/mol. The van der Waals surface area contributed by atoms with E-state index in [0.717, 1.165) is 28.3 Å². The Hall–Kier alpha value is -3.85. The maximum Gasteiger partial charge on any atom is 0.323 e. The number of hydrogen-bond donors (Lipinski definition) is 3. The fourth-order valence-electron chi connectivity index (χ4n) is 3.24. The van der Waals surface area contributed by atoms with Crippen LogP contribution in [0, 0.1) is 11.6 Å². The van der Waals surface area contributed by atoms with Gasteiger partial charge in [-0.3, -0.25) is 19.0 Å². The number of anilines is 1. The smallest absolute Gasteiger partial charge is 0.323 e. The molecular weight excluding hydrogens is 432 g/mol. The Balaban J connectivity index is 1.86. The number of carbonyl (C=O) groups is 2. The zero-order valence-electron chi connectivity index (χ0n) is 18.1. The van der Waals surface area contributed by atoms with E-state index in [0.29, 0.717) is 24.7 Å². The van der Waals surface area contributed by atoms with Crippen molar-refractivity contribution in [3.8, 4) is 5.69 Å².